The molecule has 1 saturated carbocycles. The van der Waals surface area contributed by atoms with Crippen LogP contribution in [0.5, 0.6) is 0 Å². The van der Waals surface area contributed by atoms with Gasteiger partial charge in [-0.25, -0.2) is 4.68 Å². The average Bonchev–Trinajstić information content (AvgIpc) is 3.17. The van der Waals surface area contributed by atoms with Gasteiger partial charge in [0.15, 0.2) is 0 Å². The summed E-state index contributed by atoms with van der Waals surface area (Å²) in [6, 6.07) is 6.62. The quantitative estimate of drug-likeness (QED) is 0.739. The van der Waals surface area contributed by atoms with Gasteiger partial charge < -0.3 is 5.32 Å². The van der Waals surface area contributed by atoms with E-state index in [4.69, 9.17) is 11.6 Å². The summed E-state index contributed by atoms with van der Waals surface area (Å²) in [5.41, 5.74) is 1.08. The van der Waals surface area contributed by atoms with Crippen LogP contribution >= 0.6 is 39.3 Å². The highest BCUT2D eigenvalue weighted by atomic mass is 79.9. The molecule has 0 saturated heterocycles. The molecule has 0 amide bonds. The van der Waals surface area contributed by atoms with E-state index < -0.39 is 0 Å². The molecule has 0 unspecified atom stereocenters. The van der Waals surface area contributed by atoms with Gasteiger partial charge in [0.05, 0.1) is 6.54 Å². The summed E-state index contributed by atoms with van der Waals surface area (Å²) >= 11 is 11.2. The Hall–Kier alpha value is -0.630. The Bertz CT molecular complexity index is 616. The van der Waals surface area contributed by atoms with E-state index in [0.29, 0.717) is 6.04 Å². The summed E-state index contributed by atoms with van der Waals surface area (Å²) in [4.78, 5) is 0. The molecule has 2 aromatic rings. The number of nitrogens with zero attached hydrogens (tertiary/aromatic N) is 4. The maximum atomic E-state index is 6.22. The second-order valence-electron chi connectivity index (χ2n) is 4.94. The number of aromatic nitrogens is 4. The van der Waals surface area contributed by atoms with Crippen LogP contribution in [0.2, 0.25) is 5.02 Å². The van der Waals surface area contributed by atoms with Crippen LogP contribution in [0.25, 0.3) is 0 Å². The monoisotopic (exact) mass is 387 g/mol. The minimum atomic E-state index is 0.708. The van der Waals surface area contributed by atoms with Gasteiger partial charge in [-0.2, -0.15) is 0 Å². The highest BCUT2D eigenvalue weighted by molar-refractivity contribution is 9.10. The lowest BCUT2D eigenvalue weighted by Gasteiger charge is -2.06. The van der Waals surface area contributed by atoms with Gasteiger partial charge in [0.25, 0.3) is 0 Å². The molecular formula is C13H15BrClN5S. The fraction of sp³-hybridized carbons (Fsp3) is 0.462. The normalized spacial score (nSPS) is 14.6. The van der Waals surface area contributed by atoms with Crippen LogP contribution in [0, 0.1) is 0 Å². The van der Waals surface area contributed by atoms with Gasteiger partial charge in [0.1, 0.15) is 0 Å². The van der Waals surface area contributed by atoms with E-state index in [9.17, 15) is 0 Å². The van der Waals surface area contributed by atoms with Crippen LogP contribution in [-0.4, -0.2) is 32.8 Å². The third-order valence-corrected chi connectivity index (χ3v) is 5.06. The SMILES string of the molecule is Clc1cc(Br)ccc1CSc1nnnn1CCNC1CC1. The Morgan fingerprint density at radius 3 is 3.05 bits per heavy atom. The first-order chi connectivity index (χ1) is 10.2. The van der Waals surface area contributed by atoms with Crippen molar-refractivity contribution in [2.75, 3.05) is 6.54 Å². The largest absolute Gasteiger partial charge is 0.312 e. The fourth-order valence-electron chi connectivity index (χ4n) is 1.88. The molecule has 112 valence electrons. The highest BCUT2D eigenvalue weighted by Crippen LogP contribution is 2.27. The van der Waals surface area contributed by atoms with Gasteiger partial charge in [0, 0.05) is 27.8 Å². The van der Waals surface area contributed by atoms with E-state index in [2.05, 4.69) is 36.8 Å². The predicted molar refractivity (Wildman–Crippen MR) is 87.6 cm³/mol. The van der Waals surface area contributed by atoms with E-state index in [1.807, 2.05) is 22.9 Å². The van der Waals surface area contributed by atoms with E-state index in [0.717, 1.165) is 39.1 Å². The van der Waals surface area contributed by atoms with Crippen molar-refractivity contribution in [1.29, 1.82) is 0 Å². The Labute approximate surface area is 140 Å². The molecule has 1 aliphatic rings. The summed E-state index contributed by atoms with van der Waals surface area (Å²) in [6.07, 6.45) is 2.58. The molecule has 0 spiro atoms. The highest BCUT2D eigenvalue weighted by Gasteiger charge is 2.20. The lowest BCUT2D eigenvalue weighted by molar-refractivity contribution is 0.509. The van der Waals surface area contributed by atoms with Crippen molar-refractivity contribution in [2.24, 2.45) is 0 Å². The first kappa shape index (κ1) is 15.3. The number of rotatable bonds is 7. The minimum absolute atomic E-state index is 0.708. The first-order valence-electron chi connectivity index (χ1n) is 6.78. The molecule has 1 fully saturated rings. The van der Waals surface area contributed by atoms with Crippen molar-refractivity contribution in [3.05, 3.63) is 33.3 Å². The number of halogens is 2. The molecule has 1 aliphatic carbocycles. The van der Waals surface area contributed by atoms with Crippen molar-refractivity contribution in [3.8, 4) is 0 Å². The third kappa shape index (κ3) is 4.42. The molecule has 5 nitrogen and oxygen atoms in total. The van der Waals surface area contributed by atoms with E-state index in [-0.39, 0.29) is 0 Å². The maximum Gasteiger partial charge on any atom is 0.209 e. The van der Waals surface area contributed by atoms with Crippen molar-refractivity contribution in [1.82, 2.24) is 25.5 Å². The summed E-state index contributed by atoms with van der Waals surface area (Å²) in [5, 5.41) is 16.9. The molecule has 0 radical (unpaired) electrons. The third-order valence-electron chi connectivity index (χ3n) is 3.20. The zero-order valence-corrected chi connectivity index (χ0v) is 14.5. The molecule has 21 heavy (non-hydrogen) atoms. The topological polar surface area (TPSA) is 55.6 Å². The van der Waals surface area contributed by atoms with Crippen molar-refractivity contribution in [2.45, 2.75) is 36.3 Å². The van der Waals surface area contributed by atoms with Gasteiger partial charge in [-0.3, -0.25) is 0 Å². The molecule has 1 aromatic carbocycles. The zero-order valence-electron chi connectivity index (χ0n) is 11.3. The Balaban J connectivity index is 1.55. The molecule has 1 N–H and O–H groups in total. The minimum Gasteiger partial charge on any atom is -0.312 e. The molecule has 0 atom stereocenters. The maximum absolute atomic E-state index is 6.22. The zero-order chi connectivity index (χ0) is 14.7. The second kappa shape index (κ2) is 7.09. The molecule has 1 aromatic heterocycles. The molecule has 0 bridgehead atoms. The number of benzene rings is 1. The summed E-state index contributed by atoms with van der Waals surface area (Å²) < 4.78 is 2.82. The van der Waals surface area contributed by atoms with Crippen molar-refractivity contribution in [3.63, 3.8) is 0 Å². The lowest BCUT2D eigenvalue weighted by atomic mass is 10.2. The van der Waals surface area contributed by atoms with E-state index in [1.165, 1.54) is 12.8 Å². The first-order valence-corrected chi connectivity index (χ1v) is 8.94. The second-order valence-corrected chi connectivity index (χ2v) is 7.20. The number of thioether (sulfide) groups is 1. The van der Waals surface area contributed by atoms with Crippen LogP contribution in [0.3, 0.4) is 0 Å². The Kier molecular flexibility index (Phi) is 5.15. The standard InChI is InChI=1S/C13H15BrClN5S/c14-10-2-1-9(12(15)7-10)8-21-13-17-18-19-20(13)6-5-16-11-3-4-11/h1-2,7,11,16H,3-6,8H2. The number of hydrogen-bond acceptors (Lipinski definition) is 5. The van der Waals surface area contributed by atoms with Gasteiger partial charge in [-0.1, -0.05) is 45.4 Å². The Morgan fingerprint density at radius 1 is 1.43 bits per heavy atom. The number of tetrazole rings is 1. The van der Waals surface area contributed by atoms with Gasteiger partial charge >= 0.3 is 0 Å². The van der Waals surface area contributed by atoms with Gasteiger partial charge in [-0.05, 0) is 41.0 Å². The summed E-state index contributed by atoms with van der Waals surface area (Å²) in [5.74, 6) is 0.753. The number of hydrogen-bond donors (Lipinski definition) is 1. The van der Waals surface area contributed by atoms with Gasteiger partial charge in [-0.15, -0.1) is 5.10 Å². The smallest absolute Gasteiger partial charge is 0.209 e. The molecular weight excluding hydrogens is 374 g/mol. The lowest BCUT2D eigenvalue weighted by Crippen LogP contribution is -2.22. The predicted octanol–water partition coefficient (Wildman–Crippen LogP) is 3.13. The van der Waals surface area contributed by atoms with Gasteiger partial charge in [0.2, 0.25) is 5.16 Å². The van der Waals surface area contributed by atoms with E-state index in [1.54, 1.807) is 11.8 Å². The molecule has 0 aliphatic heterocycles. The molecule has 1 heterocycles. The molecule has 8 heteroatoms. The summed E-state index contributed by atoms with van der Waals surface area (Å²) in [6.45, 7) is 1.70. The Morgan fingerprint density at radius 2 is 2.29 bits per heavy atom. The van der Waals surface area contributed by atoms with Crippen LogP contribution in [-0.2, 0) is 12.3 Å². The van der Waals surface area contributed by atoms with Crippen LogP contribution in [0.15, 0.2) is 27.8 Å². The van der Waals surface area contributed by atoms with Crippen molar-refractivity contribution >= 4 is 39.3 Å². The van der Waals surface area contributed by atoms with E-state index >= 15 is 0 Å². The average molecular weight is 389 g/mol. The summed E-state index contributed by atoms with van der Waals surface area (Å²) in [7, 11) is 0. The number of nitrogens with one attached hydrogen (secondary N) is 1. The van der Waals surface area contributed by atoms with Crippen LogP contribution < -0.4 is 5.32 Å². The van der Waals surface area contributed by atoms with Crippen molar-refractivity contribution < 1.29 is 0 Å². The molecule has 3 rings (SSSR count). The van der Waals surface area contributed by atoms with Crippen LogP contribution in [0.1, 0.15) is 18.4 Å². The van der Waals surface area contributed by atoms with Crippen LogP contribution in [0.4, 0.5) is 0 Å². The fourth-order valence-corrected chi connectivity index (χ4v) is 3.61.